The molecular weight excluding hydrogens is 351 g/mol. The minimum Gasteiger partial charge on any atom is -0.276 e. The van der Waals surface area contributed by atoms with E-state index < -0.39 is 20.6 Å². The van der Waals surface area contributed by atoms with Crippen LogP contribution in [-0.4, -0.2) is 13.3 Å². The Morgan fingerprint density at radius 1 is 1.09 bits per heavy atom. The maximum atomic E-state index is 12.3. The van der Waals surface area contributed by atoms with Crippen LogP contribution in [0.2, 0.25) is 10.0 Å². The maximum absolute atomic E-state index is 12.3. The average Bonchev–Trinajstić information content (AvgIpc) is 2.43. The standard InChI is InChI=1S/C13H10Cl2N2O4S/c1-8-2-4-9(5-3-8)22(20,21)16-13-10(14)6-7-11(12(13)15)17(18)19/h2-7,16H,1H3. The van der Waals surface area contributed by atoms with Crippen LogP contribution in [0.1, 0.15) is 5.56 Å². The lowest BCUT2D eigenvalue weighted by atomic mass is 10.2. The Balaban J connectivity index is 2.48. The van der Waals surface area contributed by atoms with Gasteiger partial charge in [-0.25, -0.2) is 8.42 Å². The lowest BCUT2D eigenvalue weighted by Crippen LogP contribution is -2.14. The van der Waals surface area contributed by atoms with Gasteiger partial charge < -0.3 is 0 Å². The van der Waals surface area contributed by atoms with E-state index in [1.54, 1.807) is 12.1 Å². The Morgan fingerprint density at radius 2 is 1.68 bits per heavy atom. The second-order valence-corrected chi connectivity index (χ2v) is 6.90. The van der Waals surface area contributed by atoms with Gasteiger partial charge >= 0.3 is 0 Å². The van der Waals surface area contributed by atoms with Crippen molar-refractivity contribution in [1.29, 1.82) is 0 Å². The van der Waals surface area contributed by atoms with Gasteiger partial charge in [0.05, 0.1) is 20.5 Å². The number of nitro benzene ring substituents is 1. The smallest absolute Gasteiger partial charge is 0.276 e. The normalized spacial score (nSPS) is 11.2. The number of halogens is 2. The zero-order valence-corrected chi connectivity index (χ0v) is 13.5. The summed E-state index contributed by atoms with van der Waals surface area (Å²) >= 11 is 11.8. The molecule has 2 rings (SSSR count). The highest BCUT2D eigenvalue weighted by Gasteiger charge is 2.23. The SMILES string of the molecule is Cc1ccc(S(=O)(=O)Nc2c(Cl)ccc([N+](=O)[O-])c2Cl)cc1. The van der Waals surface area contributed by atoms with Crippen molar-refractivity contribution in [2.75, 3.05) is 4.72 Å². The van der Waals surface area contributed by atoms with Crippen molar-refractivity contribution in [3.8, 4) is 0 Å². The zero-order chi connectivity index (χ0) is 16.5. The van der Waals surface area contributed by atoms with Crippen LogP contribution >= 0.6 is 23.2 Å². The summed E-state index contributed by atoms with van der Waals surface area (Å²) in [5, 5.41) is 10.5. The molecule has 0 fully saturated rings. The molecule has 0 saturated heterocycles. The fourth-order valence-corrected chi connectivity index (χ4v) is 3.43. The minimum atomic E-state index is -3.96. The van der Waals surface area contributed by atoms with Crippen LogP contribution in [0.4, 0.5) is 11.4 Å². The second kappa shape index (κ2) is 6.12. The van der Waals surface area contributed by atoms with Crippen molar-refractivity contribution in [3.05, 3.63) is 62.1 Å². The van der Waals surface area contributed by atoms with Gasteiger partial charge in [0.15, 0.2) is 0 Å². The number of anilines is 1. The predicted octanol–water partition coefficient (Wildman–Crippen LogP) is 4.01. The van der Waals surface area contributed by atoms with Gasteiger partial charge in [-0.2, -0.15) is 0 Å². The summed E-state index contributed by atoms with van der Waals surface area (Å²) in [6.45, 7) is 1.82. The van der Waals surface area contributed by atoms with Gasteiger partial charge in [0.25, 0.3) is 15.7 Å². The molecule has 0 aromatic heterocycles. The van der Waals surface area contributed by atoms with Crippen LogP contribution in [-0.2, 0) is 10.0 Å². The third kappa shape index (κ3) is 3.32. The van der Waals surface area contributed by atoms with E-state index in [0.29, 0.717) is 0 Å². The van der Waals surface area contributed by atoms with Crippen molar-refractivity contribution in [2.24, 2.45) is 0 Å². The van der Waals surface area contributed by atoms with Crippen molar-refractivity contribution in [2.45, 2.75) is 11.8 Å². The quantitative estimate of drug-likeness (QED) is 0.658. The van der Waals surface area contributed by atoms with E-state index in [9.17, 15) is 18.5 Å². The molecule has 0 bridgehead atoms. The Kier molecular flexibility index (Phi) is 4.60. The molecule has 1 N–H and O–H groups in total. The number of sulfonamides is 1. The topological polar surface area (TPSA) is 89.3 Å². The fraction of sp³-hybridized carbons (Fsp3) is 0.0769. The van der Waals surface area contributed by atoms with E-state index >= 15 is 0 Å². The van der Waals surface area contributed by atoms with E-state index in [2.05, 4.69) is 4.72 Å². The average molecular weight is 361 g/mol. The Morgan fingerprint density at radius 3 is 2.23 bits per heavy atom. The van der Waals surface area contributed by atoms with Crippen molar-refractivity contribution in [1.82, 2.24) is 0 Å². The molecule has 0 amide bonds. The van der Waals surface area contributed by atoms with Crippen LogP contribution in [0.15, 0.2) is 41.3 Å². The van der Waals surface area contributed by atoms with Gasteiger partial charge in [0.1, 0.15) is 5.02 Å². The van der Waals surface area contributed by atoms with Gasteiger partial charge in [-0.3, -0.25) is 14.8 Å². The highest BCUT2D eigenvalue weighted by Crippen LogP contribution is 2.38. The van der Waals surface area contributed by atoms with E-state index in [-0.39, 0.29) is 20.6 Å². The number of rotatable bonds is 4. The van der Waals surface area contributed by atoms with Crippen LogP contribution in [0.5, 0.6) is 0 Å². The summed E-state index contributed by atoms with van der Waals surface area (Å²) < 4.78 is 26.8. The molecule has 0 aliphatic carbocycles. The number of aryl methyl sites for hydroxylation is 1. The van der Waals surface area contributed by atoms with Gasteiger partial charge in [-0.05, 0) is 25.1 Å². The summed E-state index contributed by atoms with van der Waals surface area (Å²) in [5.74, 6) is 0. The first-order chi connectivity index (χ1) is 10.2. The summed E-state index contributed by atoms with van der Waals surface area (Å²) in [5.41, 5.74) is 0.233. The van der Waals surface area contributed by atoms with Crippen LogP contribution in [0.25, 0.3) is 0 Å². The van der Waals surface area contributed by atoms with Gasteiger partial charge in [-0.1, -0.05) is 40.9 Å². The first-order valence-corrected chi connectivity index (χ1v) is 8.18. The van der Waals surface area contributed by atoms with Crippen molar-refractivity contribution >= 4 is 44.6 Å². The van der Waals surface area contributed by atoms with E-state index in [0.717, 1.165) is 11.6 Å². The highest BCUT2D eigenvalue weighted by molar-refractivity contribution is 7.92. The molecular formula is C13H10Cl2N2O4S. The molecule has 0 aliphatic rings. The van der Waals surface area contributed by atoms with Crippen LogP contribution < -0.4 is 4.72 Å². The first kappa shape index (κ1) is 16.5. The monoisotopic (exact) mass is 360 g/mol. The molecule has 0 radical (unpaired) electrons. The Hall–Kier alpha value is -1.83. The Bertz CT molecular complexity index is 836. The van der Waals surface area contributed by atoms with Crippen molar-refractivity contribution in [3.63, 3.8) is 0 Å². The summed E-state index contributed by atoms with van der Waals surface area (Å²) in [4.78, 5) is 10.1. The molecule has 0 saturated carbocycles. The van der Waals surface area contributed by atoms with Crippen molar-refractivity contribution < 1.29 is 13.3 Å². The zero-order valence-electron chi connectivity index (χ0n) is 11.2. The molecule has 9 heteroatoms. The van der Waals surface area contributed by atoms with E-state index in [4.69, 9.17) is 23.2 Å². The van der Waals surface area contributed by atoms with E-state index in [1.165, 1.54) is 18.2 Å². The molecule has 116 valence electrons. The highest BCUT2D eigenvalue weighted by atomic mass is 35.5. The number of nitrogens with zero attached hydrogens (tertiary/aromatic N) is 1. The summed E-state index contributed by atoms with van der Waals surface area (Å²) in [6.07, 6.45) is 0. The molecule has 6 nitrogen and oxygen atoms in total. The molecule has 2 aromatic carbocycles. The number of benzene rings is 2. The van der Waals surface area contributed by atoms with Crippen LogP contribution in [0.3, 0.4) is 0 Å². The summed E-state index contributed by atoms with van der Waals surface area (Å²) in [7, 11) is -3.96. The van der Waals surface area contributed by atoms with Gasteiger partial charge in [-0.15, -0.1) is 0 Å². The number of hydrogen-bond donors (Lipinski definition) is 1. The minimum absolute atomic E-state index is 0.00302. The Labute approximate surface area is 136 Å². The predicted molar refractivity (Wildman–Crippen MR) is 85.1 cm³/mol. The lowest BCUT2D eigenvalue weighted by Gasteiger charge is -2.11. The third-order valence-corrected chi connectivity index (χ3v) is 4.90. The van der Waals surface area contributed by atoms with Gasteiger partial charge in [0, 0.05) is 6.07 Å². The maximum Gasteiger partial charge on any atom is 0.290 e. The lowest BCUT2D eigenvalue weighted by molar-refractivity contribution is -0.384. The first-order valence-electron chi connectivity index (χ1n) is 5.94. The molecule has 0 heterocycles. The molecule has 0 aliphatic heterocycles. The molecule has 0 atom stereocenters. The van der Waals surface area contributed by atoms with Crippen LogP contribution in [0, 0.1) is 17.0 Å². The molecule has 2 aromatic rings. The molecule has 0 spiro atoms. The summed E-state index contributed by atoms with van der Waals surface area (Å²) in [6, 6.07) is 8.40. The van der Waals surface area contributed by atoms with Gasteiger partial charge in [0.2, 0.25) is 0 Å². The largest absolute Gasteiger partial charge is 0.290 e. The molecule has 22 heavy (non-hydrogen) atoms. The second-order valence-electron chi connectivity index (χ2n) is 4.43. The molecule has 0 unspecified atom stereocenters. The van der Waals surface area contributed by atoms with E-state index in [1.807, 2.05) is 6.92 Å². The number of nitrogens with one attached hydrogen (secondary N) is 1. The number of hydrogen-bond acceptors (Lipinski definition) is 4. The third-order valence-electron chi connectivity index (χ3n) is 2.84. The fourth-order valence-electron chi connectivity index (χ4n) is 1.69. The number of nitro groups is 1.